The molecule has 0 aliphatic heterocycles. The van der Waals surface area contributed by atoms with E-state index < -0.39 is 32.5 Å². The molecule has 0 bridgehead atoms. The van der Waals surface area contributed by atoms with Gasteiger partial charge in [0, 0.05) is 12.8 Å². The van der Waals surface area contributed by atoms with E-state index in [1.807, 2.05) is 21.1 Å². The molecular weight excluding hydrogens is 1180 g/mol. The van der Waals surface area contributed by atoms with Crippen molar-refractivity contribution in [3.63, 3.8) is 0 Å². The first-order valence-corrected chi connectivity index (χ1v) is 39.0. The van der Waals surface area contributed by atoms with Gasteiger partial charge in [-0.1, -0.05) is 318 Å². The second-order valence-electron chi connectivity index (χ2n) is 25.5. The minimum Gasteiger partial charge on any atom is -0.756 e. The number of carbonyl (C=O) groups excluding carboxylic acids is 2. The van der Waals surface area contributed by atoms with E-state index in [0.29, 0.717) is 23.9 Å². The third-order valence-corrected chi connectivity index (χ3v) is 16.4. The van der Waals surface area contributed by atoms with Crippen LogP contribution in [0.2, 0.25) is 0 Å². The molecule has 0 aliphatic carbocycles. The van der Waals surface area contributed by atoms with Crippen LogP contribution in [0.25, 0.3) is 0 Å². The topological polar surface area (TPSA) is 111 Å². The lowest BCUT2D eigenvalue weighted by atomic mass is 10.0. The van der Waals surface area contributed by atoms with Crippen LogP contribution in [-0.4, -0.2) is 70.0 Å². The Morgan fingerprint density at radius 1 is 0.330 bits per heavy atom. The maximum absolute atomic E-state index is 12.9. The van der Waals surface area contributed by atoms with Gasteiger partial charge >= 0.3 is 11.9 Å². The number of esters is 2. The van der Waals surface area contributed by atoms with Gasteiger partial charge in [0.05, 0.1) is 27.7 Å². The van der Waals surface area contributed by atoms with Crippen molar-refractivity contribution in [2.45, 2.75) is 290 Å². The Bertz CT molecular complexity index is 2240. The lowest BCUT2D eigenvalue weighted by Crippen LogP contribution is -2.37. The summed E-state index contributed by atoms with van der Waals surface area (Å²) < 4.78 is 34.4. The lowest BCUT2D eigenvalue weighted by Gasteiger charge is -2.28. The molecule has 0 aromatic rings. The number of allylic oxidation sites excluding steroid dienone is 30. The van der Waals surface area contributed by atoms with Crippen molar-refractivity contribution in [3.8, 4) is 0 Å². The quantitative estimate of drug-likeness (QED) is 0.0195. The smallest absolute Gasteiger partial charge is 0.306 e. The van der Waals surface area contributed by atoms with E-state index in [1.54, 1.807) is 0 Å². The molecular formula is C84H138NO8P. The van der Waals surface area contributed by atoms with Crippen LogP contribution in [-0.2, 0) is 32.7 Å². The van der Waals surface area contributed by atoms with Gasteiger partial charge in [0.2, 0.25) is 0 Å². The number of nitrogens with zero attached hydrogens (tertiary/aromatic N) is 1. The minimum absolute atomic E-state index is 0.0400. The summed E-state index contributed by atoms with van der Waals surface area (Å²) in [6.07, 6.45) is 111. The second kappa shape index (κ2) is 72.4. The van der Waals surface area contributed by atoms with Gasteiger partial charge in [0.1, 0.15) is 19.8 Å². The molecule has 0 radical (unpaired) electrons. The Morgan fingerprint density at radius 2 is 0.574 bits per heavy atom. The molecule has 0 saturated heterocycles. The molecule has 0 aromatic carbocycles. The number of hydrogen-bond acceptors (Lipinski definition) is 8. The molecule has 0 aliphatic rings. The van der Waals surface area contributed by atoms with E-state index in [4.69, 9.17) is 18.5 Å². The number of ether oxygens (including phenoxy) is 2. The van der Waals surface area contributed by atoms with Crippen molar-refractivity contribution in [1.29, 1.82) is 0 Å². The van der Waals surface area contributed by atoms with E-state index in [9.17, 15) is 19.0 Å². The van der Waals surface area contributed by atoms with Gasteiger partial charge in [-0.2, -0.15) is 0 Å². The maximum atomic E-state index is 12.9. The molecule has 2 atom stereocenters. The van der Waals surface area contributed by atoms with Crippen LogP contribution in [0.3, 0.4) is 0 Å². The number of unbranched alkanes of at least 4 members (excludes halogenated alkanes) is 23. The molecule has 0 N–H and O–H groups in total. The summed E-state index contributed by atoms with van der Waals surface area (Å²) in [7, 11) is 1.15. The second-order valence-corrected chi connectivity index (χ2v) is 27.0. The monoisotopic (exact) mass is 1320 g/mol. The van der Waals surface area contributed by atoms with Gasteiger partial charge in [-0.25, -0.2) is 0 Å². The molecule has 0 fully saturated rings. The normalized spacial score (nSPS) is 14.1. The van der Waals surface area contributed by atoms with Gasteiger partial charge in [-0.15, -0.1) is 0 Å². The molecule has 0 spiro atoms. The molecule has 0 aromatic heterocycles. The SMILES string of the molecule is CC/C=C\C/C=C\C/C=C\C/C=C\C/C=C\C/C=C\C/C=C\C/C=C\CCCCCCCCCCCCCCCCC(=O)OC(COC(=O)CCCCCCCCCCC/C=C\C/C=C\C/C=C\C/C=C\C/C=C\C/C=C\C/C=C\CC)COP(=O)([O-])OCC[N+](C)(C)C. The zero-order valence-electron chi connectivity index (χ0n) is 60.6. The van der Waals surface area contributed by atoms with Crippen molar-refractivity contribution < 1.29 is 42.1 Å². The fraction of sp³-hybridized carbons (Fsp3) is 0.619. The van der Waals surface area contributed by atoms with Gasteiger partial charge in [-0.3, -0.25) is 14.2 Å². The summed E-state index contributed by atoms with van der Waals surface area (Å²) in [5.41, 5.74) is 0. The first-order chi connectivity index (χ1) is 46.0. The summed E-state index contributed by atoms with van der Waals surface area (Å²) in [6, 6.07) is 0. The first-order valence-electron chi connectivity index (χ1n) is 37.5. The molecule has 94 heavy (non-hydrogen) atoms. The summed E-state index contributed by atoms with van der Waals surface area (Å²) in [5.74, 6) is -0.847. The highest BCUT2D eigenvalue weighted by atomic mass is 31.2. The molecule has 532 valence electrons. The Hall–Kier alpha value is -4.89. The third kappa shape index (κ3) is 76.1. The van der Waals surface area contributed by atoms with Crippen molar-refractivity contribution in [2.75, 3.05) is 47.5 Å². The van der Waals surface area contributed by atoms with Crippen molar-refractivity contribution in [1.82, 2.24) is 0 Å². The standard InChI is InChI=1S/C84H138NO8P/c1-6-8-10-12-14-16-18-20-22-24-26-28-30-32-34-36-38-39-40-41-42-43-44-45-47-49-51-53-55-57-59-61-63-65-67-69-71-73-75-77-84(87)93-82(81-92-94(88,89)91-79-78-85(3,4)5)80-90-83(86)76-74-72-70-68-66-64-62-60-58-56-54-52-50-48-46-37-35-33-31-29-27-25-23-21-19-17-15-13-11-9-7-2/h8-11,14-17,20-23,26-29,32-35,38-39,41-42,44-46,48,52,54,82H,6-7,12-13,18-19,24-25,30-31,36-37,40,43,47,49-51,53,55-81H2,1-5H3/b10-8-,11-9-,16-14-,17-15-,22-20-,23-21-,28-26-,29-27-,34-32-,35-33-,39-38-,42-41-,45-44-,48-46-,54-52-. The molecule has 2 unspecified atom stereocenters. The number of phosphoric ester groups is 1. The third-order valence-electron chi connectivity index (χ3n) is 15.4. The molecule has 0 heterocycles. The molecule has 10 heteroatoms. The molecule has 9 nitrogen and oxygen atoms in total. The summed E-state index contributed by atoms with van der Waals surface area (Å²) >= 11 is 0. The highest BCUT2D eigenvalue weighted by Crippen LogP contribution is 2.38. The van der Waals surface area contributed by atoms with Crippen molar-refractivity contribution >= 4 is 19.8 Å². The van der Waals surface area contributed by atoms with Gasteiger partial charge in [0.25, 0.3) is 7.82 Å². The van der Waals surface area contributed by atoms with E-state index in [2.05, 4.69) is 196 Å². The number of quaternary nitrogens is 1. The molecule has 0 rings (SSSR count). The van der Waals surface area contributed by atoms with Crippen LogP contribution < -0.4 is 4.89 Å². The number of carbonyl (C=O) groups is 2. The average molecular weight is 1320 g/mol. The lowest BCUT2D eigenvalue weighted by molar-refractivity contribution is -0.870. The van der Waals surface area contributed by atoms with Gasteiger partial charge < -0.3 is 27.9 Å². The number of rotatable bonds is 67. The Balaban J connectivity index is 4.08. The first kappa shape index (κ1) is 89.1. The fourth-order valence-corrected chi connectivity index (χ4v) is 10.5. The minimum atomic E-state index is -4.66. The largest absolute Gasteiger partial charge is 0.756 e. The fourth-order valence-electron chi connectivity index (χ4n) is 9.77. The Kier molecular flexibility index (Phi) is 68.6. The predicted molar refractivity (Wildman–Crippen MR) is 406 cm³/mol. The highest BCUT2D eigenvalue weighted by molar-refractivity contribution is 7.45. The zero-order chi connectivity index (χ0) is 68.3. The summed E-state index contributed by atoms with van der Waals surface area (Å²) in [6.45, 7) is 4.00. The maximum Gasteiger partial charge on any atom is 0.306 e. The zero-order valence-corrected chi connectivity index (χ0v) is 61.5. The van der Waals surface area contributed by atoms with Gasteiger partial charge in [0.15, 0.2) is 6.10 Å². The summed E-state index contributed by atoms with van der Waals surface area (Å²) in [4.78, 5) is 38.1. The predicted octanol–water partition coefficient (Wildman–Crippen LogP) is 24.4. The highest BCUT2D eigenvalue weighted by Gasteiger charge is 2.22. The van der Waals surface area contributed by atoms with E-state index in [-0.39, 0.29) is 26.1 Å². The number of hydrogen-bond donors (Lipinski definition) is 0. The van der Waals surface area contributed by atoms with Crippen LogP contribution >= 0.6 is 7.82 Å². The molecule has 0 amide bonds. The number of likely N-dealkylation sites (N-methyl/N-ethyl adjacent to an activating group) is 1. The average Bonchev–Trinajstić information content (AvgIpc) is 1.56. The van der Waals surface area contributed by atoms with E-state index in [0.717, 1.165) is 141 Å². The van der Waals surface area contributed by atoms with Crippen molar-refractivity contribution in [3.05, 3.63) is 182 Å². The Labute approximate surface area is 578 Å². The number of phosphoric acid groups is 1. The van der Waals surface area contributed by atoms with Crippen molar-refractivity contribution in [2.24, 2.45) is 0 Å². The Morgan fingerprint density at radius 3 is 0.851 bits per heavy atom. The van der Waals surface area contributed by atoms with Crippen LogP contribution in [0, 0.1) is 0 Å². The van der Waals surface area contributed by atoms with Gasteiger partial charge in [-0.05, 0) is 135 Å². The van der Waals surface area contributed by atoms with Crippen LogP contribution in [0.5, 0.6) is 0 Å². The van der Waals surface area contributed by atoms with E-state index >= 15 is 0 Å². The van der Waals surface area contributed by atoms with E-state index in [1.165, 1.54) is 103 Å². The molecule has 0 saturated carbocycles. The van der Waals surface area contributed by atoms with Crippen LogP contribution in [0.1, 0.15) is 284 Å². The van der Waals surface area contributed by atoms with Crippen LogP contribution in [0.4, 0.5) is 0 Å². The van der Waals surface area contributed by atoms with Crippen LogP contribution in [0.15, 0.2) is 182 Å². The summed E-state index contributed by atoms with van der Waals surface area (Å²) in [5, 5.41) is 0.